The van der Waals surface area contributed by atoms with Gasteiger partial charge in [0.15, 0.2) is 0 Å². The third-order valence-corrected chi connectivity index (χ3v) is 6.17. The number of amides is 1. The highest BCUT2D eigenvalue weighted by Crippen LogP contribution is 2.26. The van der Waals surface area contributed by atoms with E-state index in [0.29, 0.717) is 24.6 Å². The fourth-order valence-corrected chi connectivity index (χ4v) is 4.88. The fraction of sp³-hybridized carbons (Fsp3) is 0.458. The summed E-state index contributed by atoms with van der Waals surface area (Å²) in [6.07, 6.45) is 1.48. The number of rotatable bonds is 10. The van der Waals surface area contributed by atoms with Gasteiger partial charge in [-0.15, -0.1) is 0 Å². The molecule has 0 saturated heterocycles. The number of sulfonamides is 1. The molecule has 0 spiro atoms. The van der Waals surface area contributed by atoms with Gasteiger partial charge in [-0.05, 0) is 61.1 Å². The van der Waals surface area contributed by atoms with Gasteiger partial charge in [0.2, 0.25) is 15.9 Å². The third-order valence-electron chi connectivity index (χ3n) is 4.99. The average Bonchev–Trinajstić information content (AvgIpc) is 2.67. The quantitative estimate of drug-likeness (QED) is 0.556. The first-order chi connectivity index (χ1) is 14.5. The van der Waals surface area contributed by atoms with E-state index in [0.717, 1.165) is 28.7 Å². The molecule has 1 atom stereocenters. The minimum Gasteiger partial charge on any atom is -0.491 e. The van der Waals surface area contributed by atoms with Crippen LogP contribution in [0.2, 0.25) is 0 Å². The van der Waals surface area contributed by atoms with Crippen LogP contribution in [0.4, 0.5) is 5.69 Å². The molecule has 1 amide bonds. The van der Waals surface area contributed by atoms with E-state index < -0.39 is 16.1 Å². The largest absolute Gasteiger partial charge is 0.491 e. The van der Waals surface area contributed by atoms with Gasteiger partial charge < -0.3 is 10.1 Å². The van der Waals surface area contributed by atoms with Crippen molar-refractivity contribution in [3.63, 3.8) is 0 Å². The smallest absolute Gasteiger partial charge is 0.244 e. The number of carbonyl (C=O) groups excluding carboxylic acids is 1. The summed E-state index contributed by atoms with van der Waals surface area (Å²) in [6.45, 7) is 10.4. The number of carbonyl (C=O) groups is 1. The first kappa shape index (κ1) is 24.7. The molecular weight excluding hydrogens is 412 g/mol. The van der Waals surface area contributed by atoms with E-state index >= 15 is 0 Å². The third kappa shape index (κ3) is 6.72. The first-order valence-corrected chi connectivity index (χ1v) is 12.5. The second-order valence-corrected chi connectivity index (χ2v) is 10.0. The standard InChI is InChI=1S/C24H34N2O4S/c1-7-22(26(31(6,28)29)20-15-18(4)14-19(5)16-20)24(27)25-12-13-30-23-11-9-8-10-21(23)17(2)3/h8-11,14-17,22H,7,12-13H2,1-6H3,(H,25,27). The van der Waals surface area contributed by atoms with Crippen LogP contribution in [0.25, 0.3) is 0 Å². The van der Waals surface area contributed by atoms with E-state index in [9.17, 15) is 13.2 Å². The fourth-order valence-electron chi connectivity index (χ4n) is 3.68. The molecule has 31 heavy (non-hydrogen) atoms. The SMILES string of the molecule is CCC(C(=O)NCCOc1ccccc1C(C)C)N(c1cc(C)cc(C)c1)S(C)(=O)=O. The van der Waals surface area contributed by atoms with Crippen LogP contribution in [0, 0.1) is 13.8 Å². The van der Waals surface area contributed by atoms with Gasteiger partial charge in [0.05, 0.1) is 18.5 Å². The van der Waals surface area contributed by atoms with Crippen molar-refractivity contribution in [1.29, 1.82) is 0 Å². The maximum atomic E-state index is 12.9. The van der Waals surface area contributed by atoms with E-state index in [1.165, 1.54) is 4.31 Å². The molecule has 170 valence electrons. The molecule has 2 aromatic rings. The van der Waals surface area contributed by atoms with Crippen LogP contribution in [0.1, 0.15) is 49.8 Å². The van der Waals surface area contributed by atoms with E-state index in [-0.39, 0.29) is 12.5 Å². The highest BCUT2D eigenvalue weighted by Gasteiger charge is 2.31. The zero-order valence-electron chi connectivity index (χ0n) is 19.3. The lowest BCUT2D eigenvalue weighted by atomic mass is 10.0. The predicted molar refractivity (Wildman–Crippen MR) is 126 cm³/mol. The van der Waals surface area contributed by atoms with E-state index in [4.69, 9.17) is 4.74 Å². The van der Waals surface area contributed by atoms with Gasteiger partial charge >= 0.3 is 0 Å². The molecule has 0 aliphatic heterocycles. The number of ether oxygens (including phenoxy) is 1. The summed E-state index contributed by atoms with van der Waals surface area (Å²) in [5, 5.41) is 2.83. The molecule has 0 aliphatic carbocycles. The number of benzene rings is 2. The Balaban J connectivity index is 2.10. The van der Waals surface area contributed by atoms with Crippen molar-refractivity contribution in [1.82, 2.24) is 5.32 Å². The molecule has 2 aromatic carbocycles. The predicted octanol–water partition coefficient (Wildman–Crippen LogP) is 4.17. The van der Waals surface area contributed by atoms with Crippen LogP contribution in [0.3, 0.4) is 0 Å². The Labute approximate surface area is 186 Å². The van der Waals surface area contributed by atoms with Crippen molar-refractivity contribution < 1.29 is 17.9 Å². The summed E-state index contributed by atoms with van der Waals surface area (Å²) in [5.74, 6) is 0.788. The summed E-state index contributed by atoms with van der Waals surface area (Å²) in [4.78, 5) is 12.9. The Kier molecular flexibility index (Phi) is 8.51. The van der Waals surface area contributed by atoms with Crippen LogP contribution in [-0.4, -0.2) is 39.8 Å². The van der Waals surface area contributed by atoms with Crippen molar-refractivity contribution in [2.45, 2.75) is 53.0 Å². The van der Waals surface area contributed by atoms with Crippen LogP contribution < -0.4 is 14.4 Å². The summed E-state index contributed by atoms with van der Waals surface area (Å²) in [6, 6.07) is 12.5. The van der Waals surface area contributed by atoms with Crippen molar-refractivity contribution in [2.24, 2.45) is 0 Å². The molecule has 1 N–H and O–H groups in total. The second-order valence-electron chi connectivity index (χ2n) is 8.16. The van der Waals surface area contributed by atoms with Gasteiger partial charge in [-0.3, -0.25) is 9.10 Å². The molecule has 7 heteroatoms. The molecule has 0 aliphatic rings. The molecule has 0 saturated carbocycles. The highest BCUT2D eigenvalue weighted by molar-refractivity contribution is 7.92. The molecule has 0 fully saturated rings. The lowest BCUT2D eigenvalue weighted by molar-refractivity contribution is -0.122. The molecule has 1 unspecified atom stereocenters. The minimum atomic E-state index is -3.66. The summed E-state index contributed by atoms with van der Waals surface area (Å²) in [7, 11) is -3.66. The van der Waals surface area contributed by atoms with Crippen LogP contribution in [0.15, 0.2) is 42.5 Å². The lowest BCUT2D eigenvalue weighted by Gasteiger charge is -2.30. The Bertz CT molecular complexity index is 982. The zero-order valence-corrected chi connectivity index (χ0v) is 20.1. The van der Waals surface area contributed by atoms with Crippen molar-refractivity contribution in [2.75, 3.05) is 23.7 Å². The summed E-state index contributed by atoms with van der Waals surface area (Å²) >= 11 is 0. The Morgan fingerprint density at radius 2 is 1.71 bits per heavy atom. The Morgan fingerprint density at radius 3 is 2.26 bits per heavy atom. The van der Waals surface area contributed by atoms with E-state index in [1.54, 1.807) is 19.1 Å². The lowest BCUT2D eigenvalue weighted by Crippen LogP contribution is -2.50. The van der Waals surface area contributed by atoms with Crippen molar-refractivity contribution in [3.8, 4) is 5.75 Å². The molecule has 0 heterocycles. The number of hydrogen-bond acceptors (Lipinski definition) is 4. The minimum absolute atomic E-state index is 0.284. The average molecular weight is 447 g/mol. The zero-order chi connectivity index (χ0) is 23.2. The van der Waals surface area contributed by atoms with Gasteiger partial charge in [0.25, 0.3) is 0 Å². The topological polar surface area (TPSA) is 75.7 Å². The number of nitrogens with one attached hydrogen (secondary N) is 1. The number of para-hydroxylation sites is 1. The van der Waals surface area contributed by atoms with Gasteiger partial charge in [-0.25, -0.2) is 8.42 Å². The first-order valence-electron chi connectivity index (χ1n) is 10.6. The molecular formula is C24H34N2O4S. The molecule has 0 aromatic heterocycles. The van der Waals surface area contributed by atoms with Gasteiger partial charge in [-0.2, -0.15) is 0 Å². The number of aryl methyl sites for hydroxylation is 2. The number of anilines is 1. The van der Waals surface area contributed by atoms with Crippen LogP contribution >= 0.6 is 0 Å². The van der Waals surface area contributed by atoms with E-state index in [2.05, 4.69) is 19.2 Å². The maximum Gasteiger partial charge on any atom is 0.244 e. The Morgan fingerprint density at radius 1 is 1.10 bits per heavy atom. The highest BCUT2D eigenvalue weighted by atomic mass is 32.2. The van der Waals surface area contributed by atoms with Crippen molar-refractivity contribution >= 4 is 21.6 Å². The number of hydrogen-bond donors (Lipinski definition) is 1. The van der Waals surface area contributed by atoms with Crippen LogP contribution in [-0.2, 0) is 14.8 Å². The summed E-state index contributed by atoms with van der Waals surface area (Å²) < 4.78 is 32.3. The molecule has 0 radical (unpaired) electrons. The van der Waals surface area contributed by atoms with Gasteiger partial charge in [-0.1, -0.05) is 45.0 Å². The van der Waals surface area contributed by atoms with Crippen LogP contribution in [0.5, 0.6) is 5.75 Å². The van der Waals surface area contributed by atoms with Crippen molar-refractivity contribution in [3.05, 3.63) is 59.2 Å². The van der Waals surface area contributed by atoms with E-state index in [1.807, 2.05) is 44.2 Å². The Hall–Kier alpha value is -2.54. The monoisotopic (exact) mass is 446 g/mol. The van der Waals surface area contributed by atoms with Gasteiger partial charge in [0, 0.05) is 0 Å². The molecule has 2 rings (SSSR count). The van der Waals surface area contributed by atoms with Gasteiger partial charge in [0.1, 0.15) is 18.4 Å². The summed E-state index contributed by atoms with van der Waals surface area (Å²) in [5.41, 5.74) is 3.50. The second kappa shape index (κ2) is 10.7. The normalized spacial score (nSPS) is 12.5. The number of nitrogens with zero attached hydrogens (tertiary/aromatic N) is 1. The molecule has 6 nitrogen and oxygen atoms in total. The maximum absolute atomic E-state index is 12.9. The molecule has 0 bridgehead atoms.